The van der Waals surface area contributed by atoms with Crippen molar-refractivity contribution >= 4 is 17.8 Å². The third-order valence-electron chi connectivity index (χ3n) is 8.92. The van der Waals surface area contributed by atoms with Crippen LogP contribution in [0.1, 0.15) is 206 Å². The summed E-state index contributed by atoms with van der Waals surface area (Å²) in [7, 11) is 0. The van der Waals surface area contributed by atoms with Gasteiger partial charge in [0.2, 0.25) is 5.91 Å². The first kappa shape index (κ1) is 43.4. The van der Waals surface area contributed by atoms with E-state index in [0.29, 0.717) is 32.2 Å². The summed E-state index contributed by atoms with van der Waals surface area (Å²) in [6.07, 6.45) is 32.8. The molecule has 266 valence electrons. The summed E-state index contributed by atoms with van der Waals surface area (Å²) in [6, 6.07) is -0.850. The molecule has 0 heterocycles. The molecule has 7 nitrogen and oxygen atoms in total. The lowest BCUT2D eigenvalue weighted by Gasteiger charge is -2.18. The van der Waals surface area contributed by atoms with E-state index >= 15 is 0 Å². The molecular weight excluding hydrogens is 564 g/mol. The Balaban J connectivity index is 4.24. The van der Waals surface area contributed by atoms with Crippen molar-refractivity contribution in [3.8, 4) is 0 Å². The van der Waals surface area contributed by atoms with Crippen LogP contribution in [0.3, 0.4) is 0 Å². The number of unbranched alkanes of at least 4 members (excludes halogenated alkanes) is 21. The number of hydrogen-bond donors (Lipinski definition) is 3. The molecule has 0 spiro atoms. The molecule has 7 heteroatoms. The van der Waals surface area contributed by atoms with E-state index < -0.39 is 12.0 Å². The van der Waals surface area contributed by atoms with Gasteiger partial charge < -0.3 is 20.9 Å². The Labute approximate surface area is 278 Å². The second kappa shape index (κ2) is 33.7. The minimum absolute atomic E-state index is 0.0207. The third kappa shape index (κ3) is 30.8. The fourth-order valence-corrected chi connectivity index (χ4v) is 5.98. The lowest BCUT2D eigenvalue weighted by atomic mass is 10.0. The molecule has 0 aliphatic carbocycles. The van der Waals surface area contributed by atoms with Gasteiger partial charge in [0.05, 0.1) is 0 Å². The Morgan fingerprint density at radius 2 is 0.956 bits per heavy atom. The van der Waals surface area contributed by atoms with E-state index in [1.54, 1.807) is 0 Å². The second-order valence-electron chi connectivity index (χ2n) is 13.4. The molecule has 0 aliphatic rings. The van der Waals surface area contributed by atoms with E-state index in [4.69, 9.17) is 10.5 Å². The van der Waals surface area contributed by atoms with Crippen LogP contribution in [0.2, 0.25) is 0 Å². The maximum atomic E-state index is 12.7. The van der Waals surface area contributed by atoms with E-state index in [9.17, 15) is 19.5 Å². The summed E-state index contributed by atoms with van der Waals surface area (Å²) in [4.78, 5) is 36.1. The van der Waals surface area contributed by atoms with Gasteiger partial charge >= 0.3 is 11.9 Å². The topological polar surface area (TPSA) is 119 Å². The van der Waals surface area contributed by atoms with Crippen molar-refractivity contribution in [3.05, 3.63) is 0 Å². The highest BCUT2D eigenvalue weighted by atomic mass is 16.5. The van der Waals surface area contributed by atoms with Gasteiger partial charge in [0, 0.05) is 12.8 Å². The molecular formula is C38H74N2O5. The number of ether oxygens (including phenoxy) is 1. The Bertz CT molecular complexity index is 687. The van der Waals surface area contributed by atoms with E-state index in [0.717, 1.165) is 64.2 Å². The predicted octanol–water partition coefficient (Wildman–Crippen LogP) is 10.2. The average Bonchev–Trinajstić information content (AvgIpc) is 3.02. The highest BCUT2D eigenvalue weighted by Crippen LogP contribution is 2.19. The lowest BCUT2D eigenvalue weighted by Crippen LogP contribution is -2.40. The molecule has 4 N–H and O–H groups in total. The zero-order chi connectivity index (χ0) is 33.2. The molecule has 2 atom stereocenters. The number of nitrogens with two attached hydrogens (primary N) is 1. The summed E-state index contributed by atoms with van der Waals surface area (Å²) in [6.45, 7) is 4.93. The minimum atomic E-state index is -1.00. The van der Waals surface area contributed by atoms with Crippen LogP contribution in [0.25, 0.3) is 0 Å². The average molecular weight is 639 g/mol. The standard InChI is InChI=1S/C38H74N2O5/c1-3-5-7-9-11-13-14-15-17-22-26-32-37(42)45-34(28-23-19-16-12-10-8-6-4-2)29-24-20-18-21-25-31-36(41)40-35(38(43)44)30-27-33-39/h34-35H,3-33,39H2,1-2H3,(H,40,41)(H,43,44). The van der Waals surface area contributed by atoms with Crippen LogP contribution in [0.15, 0.2) is 0 Å². The summed E-state index contributed by atoms with van der Waals surface area (Å²) in [5.41, 5.74) is 5.47. The van der Waals surface area contributed by atoms with Crippen LogP contribution in [0.4, 0.5) is 0 Å². The SMILES string of the molecule is CCCCCCCCCCCCCC(=O)OC(CCCCCCCCCC)CCCCCCCC(=O)NC(CCCN)C(=O)O. The van der Waals surface area contributed by atoms with E-state index in [1.807, 2.05) is 0 Å². The monoisotopic (exact) mass is 639 g/mol. The molecule has 0 aromatic carbocycles. The number of carboxylic acids is 1. The number of nitrogens with one attached hydrogen (secondary N) is 1. The zero-order valence-corrected chi connectivity index (χ0v) is 29.7. The van der Waals surface area contributed by atoms with Gasteiger partial charge in [-0.2, -0.15) is 0 Å². The van der Waals surface area contributed by atoms with Crippen molar-refractivity contribution in [1.29, 1.82) is 0 Å². The molecule has 0 radical (unpaired) electrons. The summed E-state index contributed by atoms with van der Waals surface area (Å²) in [5.74, 6) is -1.22. The molecule has 1 amide bonds. The minimum Gasteiger partial charge on any atom is -0.480 e. The third-order valence-corrected chi connectivity index (χ3v) is 8.92. The van der Waals surface area contributed by atoms with Crippen molar-refractivity contribution in [3.63, 3.8) is 0 Å². The fraction of sp³-hybridized carbons (Fsp3) is 0.921. The Kier molecular flexibility index (Phi) is 32.5. The zero-order valence-electron chi connectivity index (χ0n) is 29.7. The van der Waals surface area contributed by atoms with Crippen LogP contribution in [-0.2, 0) is 19.1 Å². The maximum Gasteiger partial charge on any atom is 0.326 e. The van der Waals surface area contributed by atoms with Crippen LogP contribution in [-0.4, -0.2) is 41.6 Å². The molecule has 0 aromatic rings. The fourth-order valence-electron chi connectivity index (χ4n) is 5.98. The predicted molar refractivity (Wildman–Crippen MR) is 188 cm³/mol. The first-order chi connectivity index (χ1) is 21.9. The molecule has 0 saturated heterocycles. The van der Waals surface area contributed by atoms with Crippen LogP contribution in [0, 0.1) is 0 Å². The van der Waals surface area contributed by atoms with Gasteiger partial charge in [0.1, 0.15) is 12.1 Å². The van der Waals surface area contributed by atoms with Gasteiger partial charge in [-0.05, 0) is 57.9 Å². The number of hydrogen-bond acceptors (Lipinski definition) is 5. The molecule has 0 fully saturated rings. The molecule has 0 saturated carbocycles. The largest absolute Gasteiger partial charge is 0.480 e. The van der Waals surface area contributed by atoms with Crippen LogP contribution in [0.5, 0.6) is 0 Å². The normalized spacial score (nSPS) is 12.6. The number of aliphatic carboxylic acids is 1. The quantitative estimate of drug-likeness (QED) is 0.0469. The summed E-state index contributed by atoms with van der Waals surface area (Å²) in [5, 5.41) is 11.9. The highest BCUT2D eigenvalue weighted by molar-refractivity contribution is 5.83. The maximum absolute atomic E-state index is 12.7. The number of carbonyl (C=O) groups excluding carboxylic acids is 2. The number of carboxylic acid groups (broad SMARTS) is 1. The van der Waals surface area contributed by atoms with Crippen molar-refractivity contribution in [2.45, 2.75) is 219 Å². The van der Waals surface area contributed by atoms with Crippen LogP contribution < -0.4 is 11.1 Å². The molecule has 0 rings (SSSR count). The van der Waals surface area contributed by atoms with Gasteiger partial charge in [-0.3, -0.25) is 9.59 Å². The van der Waals surface area contributed by atoms with Gasteiger partial charge in [0.15, 0.2) is 0 Å². The summed E-state index contributed by atoms with van der Waals surface area (Å²) < 4.78 is 6.00. The highest BCUT2D eigenvalue weighted by Gasteiger charge is 2.19. The molecule has 45 heavy (non-hydrogen) atoms. The molecule has 0 aromatic heterocycles. The van der Waals surface area contributed by atoms with Gasteiger partial charge in [-0.15, -0.1) is 0 Å². The van der Waals surface area contributed by atoms with Crippen molar-refractivity contribution in [2.24, 2.45) is 5.73 Å². The molecule has 2 unspecified atom stereocenters. The Morgan fingerprint density at radius 3 is 1.38 bits per heavy atom. The Hall–Kier alpha value is -1.63. The first-order valence-corrected chi connectivity index (χ1v) is 19.4. The number of rotatable bonds is 35. The Morgan fingerprint density at radius 1 is 0.556 bits per heavy atom. The van der Waals surface area contributed by atoms with E-state index in [2.05, 4.69) is 19.2 Å². The first-order valence-electron chi connectivity index (χ1n) is 19.4. The van der Waals surface area contributed by atoms with Gasteiger partial charge in [0.25, 0.3) is 0 Å². The van der Waals surface area contributed by atoms with E-state index in [1.165, 1.54) is 103 Å². The van der Waals surface area contributed by atoms with Gasteiger partial charge in [-0.25, -0.2) is 4.79 Å². The van der Waals surface area contributed by atoms with Crippen molar-refractivity contribution in [1.82, 2.24) is 5.32 Å². The molecule has 0 bridgehead atoms. The smallest absolute Gasteiger partial charge is 0.326 e. The molecule has 0 aliphatic heterocycles. The van der Waals surface area contributed by atoms with E-state index in [-0.39, 0.29) is 18.0 Å². The second-order valence-corrected chi connectivity index (χ2v) is 13.4. The lowest BCUT2D eigenvalue weighted by molar-refractivity contribution is -0.150. The van der Waals surface area contributed by atoms with Crippen molar-refractivity contribution in [2.75, 3.05) is 6.54 Å². The number of amides is 1. The summed E-state index contributed by atoms with van der Waals surface area (Å²) >= 11 is 0. The number of carbonyl (C=O) groups is 3. The van der Waals surface area contributed by atoms with Crippen molar-refractivity contribution < 1.29 is 24.2 Å². The van der Waals surface area contributed by atoms with Gasteiger partial charge in [-0.1, -0.05) is 142 Å². The number of esters is 1. The van der Waals surface area contributed by atoms with Crippen LogP contribution >= 0.6 is 0 Å².